The summed E-state index contributed by atoms with van der Waals surface area (Å²) in [5.41, 5.74) is 4.87. The molecule has 0 unspecified atom stereocenters. The molecule has 0 aliphatic carbocycles. The van der Waals surface area contributed by atoms with Crippen LogP contribution < -0.4 is 10.6 Å². The summed E-state index contributed by atoms with van der Waals surface area (Å²) >= 11 is 1.63. The van der Waals surface area contributed by atoms with Crippen molar-refractivity contribution in [2.45, 2.75) is 6.92 Å². The first-order chi connectivity index (χ1) is 9.28. The zero-order valence-corrected chi connectivity index (χ0v) is 11.5. The lowest BCUT2D eigenvalue weighted by Crippen LogP contribution is -2.02. The molecule has 0 aliphatic heterocycles. The molecule has 96 valence electrons. The van der Waals surface area contributed by atoms with E-state index in [-0.39, 0.29) is 0 Å². The number of nitrogens with zero attached hydrogens (tertiary/aromatic N) is 3. The molecule has 0 spiro atoms. The molecule has 6 heteroatoms. The van der Waals surface area contributed by atoms with Crippen molar-refractivity contribution in [3.05, 3.63) is 35.6 Å². The molecule has 3 rings (SSSR count). The van der Waals surface area contributed by atoms with E-state index in [0.717, 1.165) is 33.1 Å². The van der Waals surface area contributed by atoms with Crippen LogP contribution in [0.3, 0.4) is 0 Å². The molecule has 0 fully saturated rings. The number of hydrogen-bond acceptors (Lipinski definition) is 6. The van der Waals surface area contributed by atoms with Gasteiger partial charge in [-0.3, -0.25) is 0 Å². The van der Waals surface area contributed by atoms with Crippen molar-refractivity contribution in [3.8, 4) is 0 Å². The van der Waals surface area contributed by atoms with Crippen LogP contribution in [-0.2, 0) is 0 Å². The molecule has 0 atom stereocenters. The third-order valence-electron chi connectivity index (χ3n) is 2.91. The van der Waals surface area contributed by atoms with Crippen molar-refractivity contribution in [3.63, 3.8) is 0 Å². The zero-order chi connectivity index (χ0) is 13.2. The standard InChI is InChI=1S/C13H13N5S/c1-8-12(14-2)15-6-16-13(8)18-9-3-4-10-11(5-9)19-7-17-10/h3-7H,1-2H3,(H2,14,15,16,18). The predicted octanol–water partition coefficient (Wildman–Crippen LogP) is 3.18. The van der Waals surface area contributed by atoms with Crippen LogP contribution in [0.15, 0.2) is 30.0 Å². The fourth-order valence-corrected chi connectivity index (χ4v) is 2.61. The van der Waals surface area contributed by atoms with Crippen molar-refractivity contribution in [2.24, 2.45) is 0 Å². The second-order valence-corrected chi connectivity index (χ2v) is 4.99. The van der Waals surface area contributed by atoms with Crippen LogP contribution in [0.4, 0.5) is 17.3 Å². The third-order valence-corrected chi connectivity index (χ3v) is 3.71. The van der Waals surface area contributed by atoms with Crippen LogP contribution >= 0.6 is 11.3 Å². The number of benzene rings is 1. The van der Waals surface area contributed by atoms with E-state index in [1.165, 1.54) is 0 Å². The number of nitrogens with one attached hydrogen (secondary N) is 2. The van der Waals surface area contributed by atoms with E-state index in [4.69, 9.17) is 0 Å². The van der Waals surface area contributed by atoms with E-state index in [1.54, 1.807) is 17.7 Å². The van der Waals surface area contributed by atoms with Crippen LogP contribution in [0.1, 0.15) is 5.56 Å². The molecule has 5 nitrogen and oxygen atoms in total. The van der Waals surface area contributed by atoms with Crippen molar-refractivity contribution in [1.29, 1.82) is 0 Å². The molecule has 2 aromatic heterocycles. The predicted molar refractivity (Wildman–Crippen MR) is 79.2 cm³/mol. The summed E-state index contributed by atoms with van der Waals surface area (Å²) in [6, 6.07) is 6.08. The summed E-state index contributed by atoms with van der Waals surface area (Å²) in [5, 5.41) is 6.36. The van der Waals surface area contributed by atoms with Crippen molar-refractivity contribution in [2.75, 3.05) is 17.7 Å². The Morgan fingerprint density at radius 3 is 2.79 bits per heavy atom. The Morgan fingerprint density at radius 2 is 1.95 bits per heavy atom. The smallest absolute Gasteiger partial charge is 0.138 e. The number of aromatic nitrogens is 3. The molecule has 0 saturated heterocycles. The van der Waals surface area contributed by atoms with E-state index in [9.17, 15) is 0 Å². The second-order valence-electron chi connectivity index (χ2n) is 4.11. The van der Waals surface area contributed by atoms with Crippen LogP contribution in [0, 0.1) is 6.92 Å². The second kappa shape index (κ2) is 4.81. The van der Waals surface area contributed by atoms with Gasteiger partial charge in [0.2, 0.25) is 0 Å². The largest absolute Gasteiger partial charge is 0.373 e. The highest BCUT2D eigenvalue weighted by Crippen LogP contribution is 2.26. The van der Waals surface area contributed by atoms with Crippen LogP contribution in [-0.4, -0.2) is 22.0 Å². The molecule has 19 heavy (non-hydrogen) atoms. The summed E-state index contributed by atoms with van der Waals surface area (Å²) in [5.74, 6) is 1.64. The van der Waals surface area contributed by atoms with E-state index >= 15 is 0 Å². The van der Waals surface area contributed by atoms with Gasteiger partial charge in [0.05, 0.1) is 15.7 Å². The maximum atomic E-state index is 4.28. The Balaban J connectivity index is 1.96. The minimum atomic E-state index is 0.809. The van der Waals surface area contributed by atoms with Crippen LogP contribution in [0.25, 0.3) is 10.2 Å². The van der Waals surface area contributed by atoms with Gasteiger partial charge in [-0.25, -0.2) is 15.0 Å². The average molecular weight is 271 g/mol. The van der Waals surface area contributed by atoms with Gasteiger partial charge in [0, 0.05) is 18.3 Å². The van der Waals surface area contributed by atoms with Crippen molar-refractivity contribution >= 4 is 38.9 Å². The van der Waals surface area contributed by atoms with Gasteiger partial charge >= 0.3 is 0 Å². The molecule has 0 radical (unpaired) electrons. The van der Waals surface area contributed by atoms with Gasteiger partial charge in [-0.1, -0.05) is 0 Å². The third kappa shape index (κ3) is 2.22. The highest BCUT2D eigenvalue weighted by atomic mass is 32.1. The van der Waals surface area contributed by atoms with Gasteiger partial charge in [-0.2, -0.15) is 0 Å². The topological polar surface area (TPSA) is 62.7 Å². The molecule has 2 heterocycles. The van der Waals surface area contributed by atoms with E-state index in [1.807, 2.05) is 31.6 Å². The first kappa shape index (κ1) is 11.9. The maximum absolute atomic E-state index is 4.28. The first-order valence-electron chi connectivity index (χ1n) is 5.87. The molecule has 0 amide bonds. The Morgan fingerprint density at radius 1 is 1.11 bits per heavy atom. The van der Waals surface area contributed by atoms with Gasteiger partial charge in [-0.15, -0.1) is 11.3 Å². The molecular formula is C13H13N5S. The normalized spacial score (nSPS) is 10.6. The number of fused-ring (bicyclic) bond motifs is 1. The van der Waals surface area contributed by atoms with Gasteiger partial charge in [0.25, 0.3) is 0 Å². The molecule has 0 saturated carbocycles. The molecular weight excluding hydrogens is 258 g/mol. The Labute approximate surface area is 114 Å². The van der Waals surface area contributed by atoms with Gasteiger partial charge in [0.15, 0.2) is 0 Å². The summed E-state index contributed by atoms with van der Waals surface area (Å²) in [7, 11) is 1.85. The monoisotopic (exact) mass is 271 g/mol. The average Bonchev–Trinajstić information content (AvgIpc) is 2.88. The zero-order valence-electron chi connectivity index (χ0n) is 10.6. The highest BCUT2D eigenvalue weighted by molar-refractivity contribution is 7.16. The fourth-order valence-electron chi connectivity index (χ4n) is 1.90. The Kier molecular flexibility index (Phi) is 3.00. The van der Waals surface area contributed by atoms with Crippen molar-refractivity contribution < 1.29 is 0 Å². The summed E-state index contributed by atoms with van der Waals surface area (Å²) in [6.45, 7) is 1.99. The Bertz CT molecular complexity index is 722. The lowest BCUT2D eigenvalue weighted by atomic mass is 10.2. The summed E-state index contributed by atoms with van der Waals surface area (Å²) < 4.78 is 1.16. The van der Waals surface area contributed by atoms with Gasteiger partial charge in [-0.05, 0) is 25.1 Å². The highest BCUT2D eigenvalue weighted by Gasteiger charge is 2.06. The summed E-state index contributed by atoms with van der Waals surface area (Å²) in [6.07, 6.45) is 1.55. The molecule has 3 aromatic rings. The van der Waals surface area contributed by atoms with E-state index in [2.05, 4.69) is 31.7 Å². The molecule has 0 aliphatic rings. The number of rotatable bonds is 3. The summed E-state index contributed by atoms with van der Waals surface area (Å²) in [4.78, 5) is 12.7. The van der Waals surface area contributed by atoms with Gasteiger partial charge in [0.1, 0.15) is 18.0 Å². The van der Waals surface area contributed by atoms with Crippen molar-refractivity contribution in [1.82, 2.24) is 15.0 Å². The number of anilines is 3. The lowest BCUT2D eigenvalue weighted by molar-refractivity contribution is 1.12. The van der Waals surface area contributed by atoms with Crippen LogP contribution in [0.2, 0.25) is 0 Å². The number of thiazole rings is 1. The minimum Gasteiger partial charge on any atom is -0.373 e. The number of hydrogen-bond donors (Lipinski definition) is 2. The van der Waals surface area contributed by atoms with Crippen LogP contribution in [0.5, 0.6) is 0 Å². The molecule has 2 N–H and O–H groups in total. The first-order valence-corrected chi connectivity index (χ1v) is 6.75. The quantitative estimate of drug-likeness (QED) is 0.766. The van der Waals surface area contributed by atoms with E-state index in [0.29, 0.717) is 0 Å². The Hall–Kier alpha value is -2.21. The SMILES string of the molecule is CNc1ncnc(Nc2ccc3ncsc3c2)c1C. The lowest BCUT2D eigenvalue weighted by Gasteiger charge is -2.10. The fraction of sp³-hybridized carbons (Fsp3) is 0.154. The molecule has 1 aromatic carbocycles. The maximum Gasteiger partial charge on any atom is 0.138 e. The molecule has 0 bridgehead atoms. The van der Waals surface area contributed by atoms with Gasteiger partial charge < -0.3 is 10.6 Å². The minimum absolute atomic E-state index is 0.809. The van der Waals surface area contributed by atoms with E-state index < -0.39 is 0 Å².